The Bertz CT molecular complexity index is 178. The Morgan fingerprint density at radius 2 is 1.92 bits per heavy atom. The number of nitriles is 1. The van der Waals surface area contributed by atoms with E-state index in [4.69, 9.17) is 10.00 Å². The zero-order valence-electron chi connectivity index (χ0n) is 7.84. The third-order valence-electron chi connectivity index (χ3n) is 2.43. The van der Waals surface area contributed by atoms with Crippen LogP contribution in [-0.4, -0.2) is 16.6 Å². The molecule has 2 nitrogen and oxygen atoms in total. The van der Waals surface area contributed by atoms with Gasteiger partial charge >= 0.3 is 0 Å². The number of ether oxygens (including phenoxy) is 1. The molecule has 2 atom stereocenters. The van der Waals surface area contributed by atoms with E-state index in [0.717, 1.165) is 10.8 Å². The van der Waals surface area contributed by atoms with Gasteiger partial charge in [0.05, 0.1) is 24.7 Å². The summed E-state index contributed by atoms with van der Waals surface area (Å²) in [4.78, 5) is 0. The Balaban J connectivity index is 2.38. The molecule has 1 heterocycles. The monoisotopic (exact) mass is 293 g/mol. The van der Waals surface area contributed by atoms with E-state index in [2.05, 4.69) is 28.7 Å². The minimum absolute atomic E-state index is 0.199. The molecule has 0 aromatic heterocycles. The maximum Gasteiger partial charge on any atom is 0.0709 e. The van der Waals surface area contributed by atoms with E-state index >= 15 is 0 Å². The second-order valence-corrected chi connectivity index (χ2v) is 4.42. The van der Waals surface area contributed by atoms with Crippen LogP contribution in [0.3, 0.4) is 0 Å². The third kappa shape index (κ3) is 4.28. The average molecular weight is 293 g/mol. The lowest BCUT2D eigenvalue weighted by Crippen LogP contribution is -2.25. The summed E-state index contributed by atoms with van der Waals surface area (Å²) in [6.45, 7) is 0. The Labute approximate surface area is 93.8 Å². The number of nitrogens with zero attached hydrogens (tertiary/aromatic N) is 1. The van der Waals surface area contributed by atoms with Gasteiger partial charge in [-0.15, -0.1) is 0 Å². The van der Waals surface area contributed by atoms with Crippen molar-refractivity contribution in [1.82, 2.24) is 0 Å². The molecule has 0 aromatic rings. The van der Waals surface area contributed by atoms with Crippen molar-refractivity contribution in [2.75, 3.05) is 4.43 Å². The quantitative estimate of drug-likeness (QED) is 0.579. The Morgan fingerprint density at radius 3 is 2.54 bits per heavy atom. The van der Waals surface area contributed by atoms with Crippen LogP contribution in [0.1, 0.15) is 38.5 Å². The Kier molecular flexibility index (Phi) is 5.72. The normalized spacial score (nSPS) is 30.2. The van der Waals surface area contributed by atoms with Crippen LogP contribution in [0.4, 0.5) is 0 Å². The average Bonchev–Trinajstić information content (AvgIpc) is 2.09. The predicted octanol–water partition coefficient (Wildman–Crippen LogP) is 3.05. The van der Waals surface area contributed by atoms with Crippen LogP contribution in [0.15, 0.2) is 0 Å². The standard InChI is InChI=1S/C10H16INO/c11-8-10-5-3-1-2-4-9(13-10)6-7-12/h9-10H,1-6,8H2. The molecular weight excluding hydrogens is 277 g/mol. The van der Waals surface area contributed by atoms with Gasteiger partial charge in [-0.3, -0.25) is 0 Å². The van der Waals surface area contributed by atoms with Crippen LogP contribution < -0.4 is 0 Å². The Hall–Kier alpha value is 0.180. The van der Waals surface area contributed by atoms with Crippen LogP contribution >= 0.6 is 22.6 Å². The highest BCUT2D eigenvalue weighted by molar-refractivity contribution is 14.1. The SMILES string of the molecule is N#CCC1CCCCCC(CI)O1. The van der Waals surface area contributed by atoms with Crippen molar-refractivity contribution in [3.05, 3.63) is 0 Å². The maximum absolute atomic E-state index is 8.61. The van der Waals surface area contributed by atoms with Gasteiger partial charge in [0.15, 0.2) is 0 Å². The molecule has 0 radical (unpaired) electrons. The fourth-order valence-corrected chi connectivity index (χ4v) is 2.34. The largest absolute Gasteiger partial charge is 0.373 e. The Morgan fingerprint density at radius 1 is 1.23 bits per heavy atom. The highest BCUT2D eigenvalue weighted by Gasteiger charge is 2.17. The lowest BCUT2D eigenvalue weighted by atomic mass is 10.0. The second kappa shape index (κ2) is 6.61. The minimum Gasteiger partial charge on any atom is -0.373 e. The predicted molar refractivity (Wildman–Crippen MR) is 60.9 cm³/mol. The smallest absolute Gasteiger partial charge is 0.0709 e. The molecule has 3 heteroatoms. The number of hydrogen-bond donors (Lipinski definition) is 0. The lowest BCUT2D eigenvalue weighted by molar-refractivity contribution is -0.0129. The molecule has 13 heavy (non-hydrogen) atoms. The first kappa shape index (κ1) is 11.3. The summed E-state index contributed by atoms with van der Waals surface area (Å²) in [5.74, 6) is 0. The van der Waals surface area contributed by atoms with Gasteiger partial charge in [-0.2, -0.15) is 5.26 Å². The van der Waals surface area contributed by atoms with E-state index in [9.17, 15) is 0 Å². The fraction of sp³-hybridized carbons (Fsp3) is 0.900. The third-order valence-corrected chi connectivity index (χ3v) is 3.41. The number of hydrogen-bond acceptors (Lipinski definition) is 2. The molecule has 74 valence electrons. The summed E-state index contributed by atoms with van der Waals surface area (Å²) in [6, 6.07) is 2.20. The molecule has 0 N–H and O–H groups in total. The molecule has 2 unspecified atom stereocenters. The molecule has 0 aromatic carbocycles. The molecular formula is C10H16INO. The summed E-state index contributed by atoms with van der Waals surface area (Å²) in [5, 5.41) is 8.61. The van der Waals surface area contributed by atoms with Crippen LogP contribution in [0.2, 0.25) is 0 Å². The topological polar surface area (TPSA) is 33.0 Å². The summed E-state index contributed by atoms with van der Waals surface area (Å²) >= 11 is 2.37. The lowest BCUT2D eigenvalue weighted by Gasteiger charge is -2.24. The first-order chi connectivity index (χ1) is 6.36. The molecule has 0 saturated carbocycles. The van der Waals surface area contributed by atoms with Crippen molar-refractivity contribution in [2.45, 2.75) is 50.7 Å². The van der Waals surface area contributed by atoms with Crippen molar-refractivity contribution in [3.8, 4) is 6.07 Å². The molecule has 0 bridgehead atoms. The number of alkyl halides is 1. The van der Waals surface area contributed by atoms with Gasteiger partial charge in [0.25, 0.3) is 0 Å². The second-order valence-electron chi connectivity index (χ2n) is 3.53. The van der Waals surface area contributed by atoms with Crippen molar-refractivity contribution < 1.29 is 4.74 Å². The molecule has 0 spiro atoms. The number of rotatable bonds is 2. The van der Waals surface area contributed by atoms with Gasteiger partial charge in [0, 0.05) is 4.43 Å². The van der Waals surface area contributed by atoms with Crippen molar-refractivity contribution in [3.63, 3.8) is 0 Å². The van der Waals surface area contributed by atoms with Crippen molar-refractivity contribution in [1.29, 1.82) is 5.26 Å². The van der Waals surface area contributed by atoms with E-state index in [0.29, 0.717) is 12.5 Å². The van der Waals surface area contributed by atoms with Gasteiger partial charge in [-0.05, 0) is 12.8 Å². The maximum atomic E-state index is 8.61. The highest BCUT2D eigenvalue weighted by atomic mass is 127. The summed E-state index contributed by atoms with van der Waals surface area (Å²) in [7, 11) is 0. The van der Waals surface area contributed by atoms with E-state index in [1.165, 1.54) is 25.7 Å². The van der Waals surface area contributed by atoms with Gasteiger partial charge in [-0.1, -0.05) is 41.9 Å². The van der Waals surface area contributed by atoms with Crippen LogP contribution in [0, 0.1) is 11.3 Å². The van der Waals surface area contributed by atoms with Gasteiger partial charge in [0.2, 0.25) is 0 Å². The number of halogens is 1. The molecule has 1 rings (SSSR count). The fourth-order valence-electron chi connectivity index (χ4n) is 1.69. The molecule has 1 aliphatic rings. The van der Waals surface area contributed by atoms with Gasteiger partial charge in [0.1, 0.15) is 0 Å². The first-order valence-electron chi connectivity index (χ1n) is 4.95. The summed E-state index contributed by atoms with van der Waals surface area (Å²) in [6.07, 6.45) is 7.20. The van der Waals surface area contributed by atoms with Crippen molar-refractivity contribution in [2.24, 2.45) is 0 Å². The zero-order chi connectivity index (χ0) is 9.52. The van der Waals surface area contributed by atoms with Gasteiger partial charge in [-0.25, -0.2) is 0 Å². The van der Waals surface area contributed by atoms with E-state index < -0.39 is 0 Å². The molecule has 0 amide bonds. The summed E-state index contributed by atoms with van der Waals surface area (Å²) in [5.41, 5.74) is 0. The van der Waals surface area contributed by atoms with Gasteiger partial charge < -0.3 is 4.74 Å². The van der Waals surface area contributed by atoms with Crippen LogP contribution in [0.5, 0.6) is 0 Å². The molecule has 1 saturated heterocycles. The zero-order valence-corrected chi connectivity index (χ0v) is 10.00. The van der Waals surface area contributed by atoms with E-state index in [1.54, 1.807) is 0 Å². The van der Waals surface area contributed by atoms with Crippen LogP contribution in [0.25, 0.3) is 0 Å². The minimum atomic E-state index is 0.199. The molecule has 0 aliphatic carbocycles. The summed E-state index contributed by atoms with van der Waals surface area (Å²) < 4.78 is 6.91. The molecule has 1 aliphatic heterocycles. The molecule has 1 fully saturated rings. The van der Waals surface area contributed by atoms with Crippen molar-refractivity contribution >= 4 is 22.6 Å². The van der Waals surface area contributed by atoms with E-state index in [1.807, 2.05) is 0 Å². The van der Waals surface area contributed by atoms with E-state index in [-0.39, 0.29) is 6.10 Å². The van der Waals surface area contributed by atoms with Crippen LogP contribution in [-0.2, 0) is 4.74 Å². The highest BCUT2D eigenvalue weighted by Crippen LogP contribution is 2.20. The first-order valence-corrected chi connectivity index (χ1v) is 6.47.